The summed E-state index contributed by atoms with van der Waals surface area (Å²) in [5.41, 5.74) is 0.849. The predicted octanol–water partition coefficient (Wildman–Crippen LogP) is 4.53. The fourth-order valence-electron chi connectivity index (χ4n) is 1.97. The van der Waals surface area contributed by atoms with Crippen LogP contribution < -0.4 is 0 Å². The van der Waals surface area contributed by atoms with E-state index in [1.165, 1.54) is 0 Å². The van der Waals surface area contributed by atoms with Crippen molar-refractivity contribution >= 4 is 28.9 Å². The Labute approximate surface area is 91.7 Å². The molecule has 1 rings (SSSR count). The van der Waals surface area contributed by atoms with E-state index < -0.39 is 6.69 Å². The van der Waals surface area contributed by atoms with E-state index in [-0.39, 0.29) is 0 Å². The molecular weight excluding hydrogens is 219 g/mol. The zero-order valence-corrected chi connectivity index (χ0v) is 11.1. The molecule has 13 heavy (non-hydrogen) atoms. The van der Waals surface area contributed by atoms with Gasteiger partial charge in [-0.15, -0.1) is 28.7 Å². The molecule has 0 nitrogen and oxygen atoms in total. The third kappa shape index (κ3) is 2.74. The van der Waals surface area contributed by atoms with Gasteiger partial charge in [0, 0.05) is 0 Å². The summed E-state index contributed by atoms with van der Waals surface area (Å²) in [6.07, 6.45) is 3.15. The quantitative estimate of drug-likeness (QED) is 0.376. The van der Waals surface area contributed by atoms with E-state index in [2.05, 4.69) is 27.4 Å². The van der Waals surface area contributed by atoms with Gasteiger partial charge in [-0.1, -0.05) is 26.8 Å². The van der Waals surface area contributed by atoms with Crippen molar-refractivity contribution < 1.29 is 0 Å². The Bertz CT molecular complexity index is 205. The number of rotatable bonds is 2. The van der Waals surface area contributed by atoms with Crippen molar-refractivity contribution in [3.8, 4) is 0 Å². The van der Waals surface area contributed by atoms with Crippen LogP contribution >= 0.6 is 22.2 Å². The predicted molar refractivity (Wildman–Crippen MR) is 63.8 cm³/mol. The molecule has 0 amide bonds. The molecule has 0 aromatic carbocycles. The molecule has 1 aliphatic rings. The fraction of sp³-hybridized carbons (Fsp3) is 0.800. The molecule has 0 aromatic heterocycles. The molecule has 1 heterocycles. The van der Waals surface area contributed by atoms with Gasteiger partial charge in [0.05, 0.1) is 0 Å². The van der Waals surface area contributed by atoms with Crippen LogP contribution in [-0.2, 0) is 0 Å². The SMILES string of the molecule is C=CC1C[Si](Cl)(Cl)C1CC(C)(C)C. The lowest BCUT2D eigenvalue weighted by atomic mass is 9.86. The van der Waals surface area contributed by atoms with Crippen molar-refractivity contribution in [3.63, 3.8) is 0 Å². The van der Waals surface area contributed by atoms with Crippen LogP contribution in [0.15, 0.2) is 12.7 Å². The molecule has 0 spiro atoms. The Kier molecular flexibility index (Phi) is 3.21. The van der Waals surface area contributed by atoms with Crippen LogP contribution in [0.2, 0.25) is 11.6 Å². The molecule has 1 fully saturated rings. The zero-order valence-electron chi connectivity index (χ0n) is 8.61. The minimum absolute atomic E-state index is 0.328. The summed E-state index contributed by atoms with van der Waals surface area (Å²) in [6.45, 7) is 8.65. The van der Waals surface area contributed by atoms with Gasteiger partial charge in [-0.2, -0.15) is 0 Å². The Balaban J connectivity index is 2.60. The number of hydrogen-bond acceptors (Lipinski definition) is 0. The highest BCUT2D eigenvalue weighted by Crippen LogP contribution is 2.57. The third-order valence-corrected chi connectivity index (χ3v) is 8.04. The van der Waals surface area contributed by atoms with E-state index in [1.54, 1.807) is 0 Å². The van der Waals surface area contributed by atoms with Crippen molar-refractivity contribution in [2.45, 2.75) is 38.8 Å². The summed E-state index contributed by atoms with van der Waals surface area (Å²) >= 11 is 12.6. The van der Waals surface area contributed by atoms with Gasteiger partial charge in [-0.3, -0.25) is 0 Å². The third-order valence-electron chi connectivity index (χ3n) is 2.70. The van der Waals surface area contributed by atoms with Gasteiger partial charge in [-0.05, 0) is 29.3 Å². The molecule has 1 aliphatic heterocycles. The summed E-state index contributed by atoms with van der Waals surface area (Å²) in [7, 11) is 0. The molecule has 1 saturated heterocycles. The highest BCUT2D eigenvalue weighted by molar-refractivity contribution is 7.47. The van der Waals surface area contributed by atoms with Crippen LogP contribution in [0.25, 0.3) is 0 Å². The molecule has 0 N–H and O–H groups in total. The van der Waals surface area contributed by atoms with Crippen molar-refractivity contribution in [3.05, 3.63) is 12.7 Å². The van der Waals surface area contributed by atoms with Gasteiger partial charge in [0.2, 0.25) is 0 Å². The molecule has 0 aliphatic carbocycles. The van der Waals surface area contributed by atoms with E-state index in [0.717, 1.165) is 12.5 Å². The number of halogens is 2. The average Bonchev–Trinajstić information content (AvgIpc) is 1.95. The molecule has 76 valence electrons. The first-order valence-electron chi connectivity index (χ1n) is 4.77. The van der Waals surface area contributed by atoms with Crippen molar-refractivity contribution in [2.24, 2.45) is 11.3 Å². The largest absolute Gasteiger partial charge is 0.255 e. The lowest BCUT2D eigenvalue weighted by molar-refractivity contribution is 0.328. The van der Waals surface area contributed by atoms with Crippen LogP contribution in [0.3, 0.4) is 0 Å². The summed E-state index contributed by atoms with van der Waals surface area (Å²) < 4.78 is 0. The van der Waals surface area contributed by atoms with Crippen LogP contribution in [0.4, 0.5) is 0 Å². The smallest absolute Gasteiger partial charge is 0.146 e. The maximum atomic E-state index is 6.31. The standard InChI is InChI=1S/C10H18Cl2Si/c1-5-8-7-13(11,12)9(8)6-10(2,3)4/h5,8-9H,1,6-7H2,2-4H3. The van der Waals surface area contributed by atoms with Gasteiger partial charge in [0.15, 0.2) is 0 Å². The summed E-state index contributed by atoms with van der Waals surface area (Å²) in [6, 6.07) is 1.00. The normalized spacial score (nSPS) is 32.4. The van der Waals surface area contributed by atoms with Gasteiger partial charge >= 0.3 is 0 Å². The van der Waals surface area contributed by atoms with Crippen molar-refractivity contribution in [1.82, 2.24) is 0 Å². The average molecular weight is 237 g/mol. The van der Waals surface area contributed by atoms with E-state index >= 15 is 0 Å². The molecule has 0 bridgehead atoms. The molecule has 0 aromatic rings. The van der Waals surface area contributed by atoms with Gasteiger partial charge in [0.1, 0.15) is 0 Å². The van der Waals surface area contributed by atoms with Crippen LogP contribution in [0.1, 0.15) is 27.2 Å². The lowest BCUT2D eigenvalue weighted by Gasteiger charge is -2.46. The summed E-state index contributed by atoms with van der Waals surface area (Å²) in [4.78, 5) is 0. The van der Waals surface area contributed by atoms with E-state index in [4.69, 9.17) is 22.2 Å². The van der Waals surface area contributed by atoms with Crippen LogP contribution in [0, 0.1) is 11.3 Å². The summed E-state index contributed by atoms with van der Waals surface area (Å²) in [5, 5.41) is 0. The van der Waals surface area contributed by atoms with Crippen LogP contribution in [-0.4, -0.2) is 6.69 Å². The second kappa shape index (κ2) is 3.60. The molecule has 2 atom stereocenters. The minimum Gasteiger partial charge on any atom is -0.146 e. The van der Waals surface area contributed by atoms with Gasteiger partial charge in [-0.25, -0.2) is 0 Å². The van der Waals surface area contributed by atoms with Crippen molar-refractivity contribution in [2.75, 3.05) is 0 Å². The van der Waals surface area contributed by atoms with E-state index in [0.29, 0.717) is 16.9 Å². The first kappa shape index (κ1) is 11.6. The summed E-state index contributed by atoms with van der Waals surface area (Å²) in [5.74, 6) is 0.570. The molecule has 3 heteroatoms. The molecule has 0 radical (unpaired) electrons. The van der Waals surface area contributed by atoms with E-state index in [1.807, 2.05) is 6.08 Å². The van der Waals surface area contributed by atoms with Crippen LogP contribution in [0.5, 0.6) is 0 Å². The minimum atomic E-state index is -1.90. The maximum absolute atomic E-state index is 6.31. The lowest BCUT2D eigenvalue weighted by Crippen LogP contribution is -2.46. The number of hydrogen-bond donors (Lipinski definition) is 0. The Morgan fingerprint density at radius 1 is 1.46 bits per heavy atom. The molecular formula is C10H18Cl2Si. The fourth-order valence-corrected chi connectivity index (χ4v) is 7.21. The monoisotopic (exact) mass is 236 g/mol. The highest BCUT2D eigenvalue weighted by Gasteiger charge is 2.53. The first-order valence-corrected chi connectivity index (χ1v) is 9.07. The Hall–Kier alpha value is 0.537. The second-order valence-electron chi connectivity index (χ2n) is 5.24. The topological polar surface area (TPSA) is 0 Å². The highest BCUT2D eigenvalue weighted by atomic mass is 35.7. The molecule has 0 saturated carbocycles. The van der Waals surface area contributed by atoms with Crippen molar-refractivity contribution in [1.29, 1.82) is 0 Å². The Morgan fingerprint density at radius 2 is 2.00 bits per heavy atom. The van der Waals surface area contributed by atoms with Gasteiger partial charge < -0.3 is 0 Å². The molecule has 2 unspecified atom stereocenters. The van der Waals surface area contributed by atoms with E-state index in [9.17, 15) is 0 Å². The first-order chi connectivity index (χ1) is 5.76. The number of allylic oxidation sites excluding steroid dienone is 1. The zero-order chi connectivity index (χ0) is 10.3. The second-order valence-corrected chi connectivity index (χ2v) is 12.5. The Morgan fingerprint density at radius 3 is 2.31 bits per heavy atom. The van der Waals surface area contributed by atoms with Gasteiger partial charge in [0.25, 0.3) is 6.69 Å². The maximum Gasteiger partial charge on any atom is 0.255 e.